The maximum Gasteiger partial charge on any atom is 0.271 e. The molecule has 0 amide bonds. The summed E-state index contributed by atoms with van der Waals surface area (Å²) in [5, 5.41) is 3.13. The zero-order valence-electron chi connectivity index (χ0n) is 11.6. The first-order chi connectivity index (χ1) is 10.2. The lowest BCUT2D eigenvalue weighted by Gasteiger charge is -2.28. The molecule has 0 saturated carbocycles. The quantitative estimate of drug-likeness (QED) is 0.914. The summed E-state index contributed by atoms with van der Waals surface area (Å²) in [4.78, 5) is 20.3. The molecule has 110 valence electrons. The monoisotopic (exact) mass is 304 g/mol. The van der Waals surface area contributed by atoms with Crippen molar-refractivity contribution in [3.63, 3.8) is 0 Å². The fourth-order valence-electron chi connectivity index (χ4n) is 2.51. The van der Waals surface area contributed by atoms with Gasteiger partial charge in [-0.25, -0.2) is 4.98 Å². The predicted molar refractivity (Wildman–Crippen MR) is 85.7 cm³/mol. The van der Waals surface area contributed by atoms with Crippen molar-refractivity contribution in [1.29, 1.82) is 0 Å². The molecule has 1 aromatic carbocycles. The number of aromatic nitrogens is 2. The molecule has 1 aliphatic rings. The van der Waals surface area contributed by atoms with Crippen LogP contribution in [0.2, 0.25) is 5.02 Å². The number of nitrogens with one attached hydrogen (secondary N) is 2. The van der Waals surface area contributed by atoms with E-state index in [0.717, 1.165) is 18.8 Å². The van der Waals surface area contributed by atoms with Gasteiger partial charge < -0.3 is 15.2 Å². The molecule has 0 spiro atoms. The summed E-state index contributed by atoms with van der Waals surface area (Å²) in [5.41, 5.74) is 1.74. The largest absolute Gasteiger partial charge is 0.372 e. The lowest BCUT2D eigenvalue weighted by atomic mass is 10.1. The number of hydrogen-bond acceptors (Lipinski definition) is 4. The first-order valence-electron chi connectivity index (χ1n) is 7.09. The number of piperidine rings is 1. The molecule has 3 rings (SSSR count). The third-order valence-corrected chi connectivity index (χ3v) is 4.00. The molecule has 0 aliphatic carbocycles. The number of benzene rings is 1. The van der Waals surface area contributed by atoms with Crippen molar-refractivity contribution < 1.29 is 0 Å². The smallest absolute Gasteiger partial charge is 0.271 e. The van der Waals surface area contributed by atoms with E-state index in [9.17, 15) is 4.79 Å². The Kier molecular flexibility index (Phi) is 4.10. The Hall–Kier alpha value is -2.01. The van der Waals surface area contributed by atoms with Crippen molar-refractivity contribution in [3.8, 4) is 0 Å². The van der Waals surface area contributed by atoms with E-state index in [0.29, 0.717) is 5.82 Å². The molecule has 1 aliphatic heterocycles. The molecular formula is C15H17ClN4O. The van der Waals surface area contributed by atoms with Crippen LogP contribution in [0.3, 0.4) is 0 Å². The van der Waals surface area contributed by atoms with Crippen LogP contribution in [0.25, 0.3) is 0 Å². The highest BCUT2D eigenvalue weighted by Crippen LogP contribution is 2.24. The average molecular weight is 305 g/mol. The minimum atomic E-state index is -0.348. The van der Waals surface area contributed by atoms with E-state index in [4.69, 9.17) is 11.6 Å². The highest BCUT2D eigenvalue weighted by molar-refractivity contribution is 6.32. The number of anilines is 3. The van der Waals surface area contributed by atoms with Gasteiger partial charge in [-0.3, -0.25) is 4.79 Å². The van der Waals surface area contributed by atoms with E-state index < -0.39 is 0 Å². The van der Waals surface area contributed by atoms with E-state index in [2.05, 4.69) is 32.3 Å². The Balaban J connectivity index is 1.75. The summed E-state index contributed by atoms with van der Waals surface area (Å²) in [5.74, 6) is 0.367. The van der Waals surface area contributed by atoms with Crippen molar-refractivity contribution in [3.05, 3.63) is 46.0 Å². The third kappa shape index (κ3) is 3.19. The standard InChI is InChI=1S/C15H17ClN4O/c16-13-14(17-10-18-15(13)21)19-11-4-6-12(7-5-11)20-8-2-1-3-9-20/h4-7,10H,1-3,8-9H2,(H2,17,18,19,21). The van der Waals surface area contributed by atoms with Crippen molar-refractivity contribution in [1.82, 2.24) is 9.97 Å². The summed E-state index contributed by atoms with van der Waals surface area (Å²) in [6, 6.07) is 8.11. The van der Waals surface area contributed by atoms with Gasteiger partial charge in [-0.1, -0.05) is 11.6 Å². The Bertz CT molecular complexity index is 662. The fourth-order valence-corrected chi connectivity index (χ4v) is 2.67. The van der Waals surface area contributed by atoms with E-state index in [1.807, 2.05) is 12.1 Å². The zero-order chi connectivity index (χ0) is 14.7. The molecule has 1 aromatic heterocycles. The highest BCUT2D eigenvalue weighted by Gasteiger charge is 2.11. The van der Waals surface area contributed by atoms with Crippen molar-refractivity contribution in [2.75, 3.05) is 23.3 Å². The first kappa shape index (κ1) is 13.9. The first-order valence-corrected chi connectivity index (χ1v) is 7.47. The van der Waals surface area contributed by atoms with Crippen LogP contribution in [0.15, 0.2) is 35.4 Å². The van der Waals surface area contributed by atoms with Gasteiger partial charge in [0.1, 0.15) is 5.02 Å². The summed E-state index contributed by atoms with van der Waals surface area (Å²) in [6.07, 6.45) is 5.17. The van der Waals surface area contributed by atoms with Crippen LogP contribution < -0.4 is 15.8 Å². The van der Waals surface area contributed by atoms with Crippen LogP contribution in [0.5, 0.6) is 0 Å². The Morgan fingerprint density at radius 3 is 2.57 bits per heavy atom. The van der Waals surface area contributed by atoms with E-state index in [1.54, 1.807) is 0 Å². The lowest BCUT2D eigenvalue weighted by molar-refractivity contribution is 0.578. The molecule has 5 nitrogen and oxygen atoms in total. The molecule has 6 heteroatoms. The molecule has 2 heterocycles. The molecule has 1 saturated heterocycles. The second-order valence-electron chi connectivity index (χ2n) is 5.11. The molecule has 0 unspecified atom stereocenters. The Morgan fingerprint density at radius 1 is 1.14 bits per heavy atom. The summed E-state index contributed by atoms with van der Waals surface area (Å²) < 4.78 is 0. The summed E-state index contributed by atoms with van der Waals surface area (Å²) in [6.45, 7) is 2.24. The van der Waals surface area contributed by atoms with Gasteiger partial charge in [0, 0.05) is 24.5 Å². The SMILES string of the molecule is O=c1[nH]cnc(Nc2ccc(N3CCCCC3)cc2)c1Cl. The van der Waals surface area contributed by atoms with Gasteiger partial charge in [0.05, 0.1) is 6.33 Å². The maximum absolute atomic E-state index is 11.4. The molecule has 1 fully saturated rings. The van der Waals surface area contributed by atoms with Gasteiger partial charge in [0.25, 0.3) is 5.56 Å². The molecule has 0 atom stereocenters. The van der Waals surface area contributed by atoms with Gasteiger partial charge in [0.2, 0.25) is 0 Å². The fraction of sp³-hybridized carbons (Fsp3) is 0.333. The Morgan fingerprint density at radius 2 is 1.86 bits per heavy atom. The number of aromatic amines is 1. The van der Waals surface area contributed by atoms with Crippen LogP contribution in [-0.4, -0.2) is 23.1 Å². The van der Waals surface area contributed by atoms with Gasteiger partial charge in [-0.05, 0) is 43.5 Å². The molecule has 21 heavy (non-hydrogen) atoms. The number of nitrogens with zero attached hydrogens (tertiary/aromatic N) is 2. The van der Waals surface area contributed by atoms with Gasteiger partial charge in [0.15, 0.2) is 5.82 Å². The topological polar surface area (TPSA) is 61.0 Å². The van der Waals surface area contributed by atoms with Gasteiger partial charge in [-0.2, -0.15) is 0 Å². The number of H-pyrrole nitrogens is 1. The second kappa shape index (κ2) is 6.18. The molecule has 0 bridgehead atoms. The summed E-state index contributed by atoms with van der Waals surface area (Å²) in [7, 11) is 0. The van der Waals surface area contributed by atoms with Gasteiger partial charge in [-0.15, -0.1) is 0 Å². The average Bonchev–Trinajstić information content (AvgIpc) is 2.53. The number of rotatable bonds is 3. The van der Waals surface area contributed by atoms with Crippen LogP contribution >= 0.6 is 11.6 Å². The second-order valence-corrected chi connectivity index (χ2v) is 5.49. The van der Waals surface area contributed by atoms with E-state index >= 15 is 0 Å². The van der Waals surface area contributed by atoms with Crippen molar-refractivity contribution >= 4 is 28.8 Å². The summed E-state index contributed by atoms with van der Waals surface area (Å²) >= 11 is 5.92. The van der Waals surface area contributed by atoms with Crippen LogP contribution in [0, 0.1) is 0 Å². The minimum Gasteiger partial charge on any atom is -0.372 e. The predicted octanol–water partition coefficient (Wildman–Crippen LogP) is 3.16. The number of hydrogen-bond donors (Lipinski definition) is 2. The minimum absolute atomic E-state index is 0.0672. The van der Waals surface area contributed by atoms with Crippen LogP contribution in [-0.2, 0) is 0 Å². The molecule has 2 aromatic rings. The molecular weight excluding hydrogens is 288 g/mol. The van der Waals surface area contributed by atoms with Crippen LogP contribution in [0.4, 0.5) is 17.2 Å². The van der Waals surface area contributed by atoms with E-state index in [1.165, 1.54) is 31.3 Å². The third-order valence-electron chi connectivity index (χ3n) is 3.65. The van der Waals surface area contributed by atoms with Crippen LogP contribution in [0.1, 0.15) is 19.3 Å². The number of halogens is 1. The highest BCUT2D eigenvalue weighted by atomic mass is 35.5. The molecule has 2 N–H and O–H groups in total. The lowest BCUT2D eigenvalue weighted by Crippen LogP contribution is -2.29. The molecule has 0 radical (unpaired) electrons. The van der Waals surface area contributed by atoms with Gasteiger partial charge >= 0.3 is 0 Å². The Labute approximate surface area is 128 Å². The zero-order valence-corrected chi connectivity index (χ0v) is 12.4. The van der Waals surface area contributed by atoms with Crippen molar-refractivity contribution in [2.45, 2.75) is 19.3 Å². The normalized spacial score (nSPS) is 15.0. The maximum atomic E-state index is 11.4. The van der Waals surface area contributed by atoms with E-state index in [-0.39, 0.29) is 10.6 Å². The van der Waals surface area contributed by atoms with Crippen molar-refractivity contribution in [2.24, 2.45) is 0 Å².